The van der Waals surface area contributed by atoms with Crippen LogP contribution in [0, 0.1) is 20.2 Å². The van der Waals surface area contributed by atoms with Crippen LogP contribution in [0.2, 0.25) is 0 Å². The number of hydrogen-bond acceptors (Lipinski definition) is 4. The van der Waals surface area contributed by atoms with Gasteiger partial charge in [0.2, 0.25) is 0 Å². The van der Waals surface area contributed by atoms with Gasteiger partial charge in [-0.2, -0.15) is 0 Å². The van der Waals surface area contributed by atoms with E-state index in [-0.39, 0.29) is 11.4 Å². The zero-order chi connectivity index (χ0) is 16.8. The Morgan fingerprint density at radius 1 is 0.667 bits per heavy atom. The van der Waals surface area contributed by atoms with Gasteiger partial charge < -0.3 is 9.97 Å². The van der Waals surface area contributed by atoms with Crippen molar-refractivity contribution in [1.82, 2.24) is 9.97 Å². The topological polar surface area (TPSA) is 118 Å². The molecule has 0 spiro atoms. The number of aromatic nitrogens is 2. The van der Waals surface area contributed by atoms with Crippen LogP contribution in [0.4, 0.5) is 11.4 Å². The molecule has 0 unspecified atom stereocenters. The summed E-state index contributed by atoms with van der Waals surface area (Å²) in [4.78, 5) is 27.2. The van der Waals surface area contributed by atoms with E-state index in [9.17, 15) is 20.2 Å². The standard InChI is InChI=1S/C16H10N4O4/c21-19(22)11-1-3-13-9(5-11)7-15(17-13)16-8-10-6-12(20(23)24)2-4-14(10)18-16/h1-8,17-18H. The van der Waals surface area contributed by atoms with Gasteiger partial charge in [-0.15, -0.1) is 0 Å². The van der Waals surface area contributed by atoms with Crippen molar-refractivity contribution >= 4 is 33.2 Å². The average Bonchev–Trinajstić information content (AvgIpc) is 3.16. The molecule has 0 bridgehead atoms. The summed E-state index contributed by atoms with van der Waals surface area (Å²) in [6.45, 7) is 0. The predicted molar refractivity (Wildman–Crippen MR) is 88.9 cm³/mol. The quantitative estimate of drug-likeness (QED) is 0.435. The maximum atomic E-state index is 10.9. The van der Waals surface area contributed by atoms with Gasteiger partial charge in [-0.3, -0.25) is 20.2 Å². The van der Waals surface area contributed by atoms with Crippen LogP contribution in [0.25, 0.3) is 33.2 Å². The number of H-pyrrole nitrogens is 2. The van der Waals surface area contributed by atoms with E-state index < -0.39 is 9.85 Å². The van der Waals surface area contributed by atoms with Crippen molar-refractivity contribution in [2.24, 2.45) is 0 Å². The van der Waals surface area contributed by atoms with Crippen molar-refractivity contribution in [3.63, 3.8) is 0 Å². The second-order valence-electron chi connectivity index (χ2n) is 5.42. The molecule has 0 aliphatic heterocycles. The van der Waals surface area contributed by atoms with Crippen LogP contribution in [-0.2, 0) is 0 Å². The Bertz CT molecular complexity index is 1040. The molecule has 0 amide bonds. The first-order valence-corrected chi connectivity index (χ1v) is 7.06. The molecule has 0 radical (unpaired) electrons. The smallest absolute Gasteiger partial charge is 0.270 e. The molecule has 0 aliphatic rings. The fraction of sp³-hybridized carbons (Fsp3) is 0. The molecular weight excluding hydrogens is 312 g/mol. The van der Waals surface area contributed by atoms with Gasteiger partial charge in [0.1, 0.15) is 0 Å². The van der Waals surface area contributed by atoms with E-state index >= 15 is 0 Å². The van der Waals surface area contributed by atoms with Crippen molar-refractivity contribution in [1.29, 1.82) is 0 Å². The molecule has 2 N–H and O–H groups in total. The summed E-state index contributed by atoms with van der Waals surface area (Å²) < 4.78 is 0. The summed E-state index contributed by atoms with van der Waals surface area (Å²) in [5.41, 5.74) is 3.12. The van der Waals surface area contributed by atoms with Gasteiger partial charge in [-0.25, -0.2) is 0 Å². The average molecular weight is 322 g/mol. The maximum absolute atomic E-state index is 10.9. The van der Waals surface area contributed by atoms with E-state index in [1.165, 1.54) is 24.3 Å². The third kappa shape index (κ3) is 2.17. The Hall–Kier alpha value is -3.68. The molecule has 0 aliphatic carbocycles. The van der Waals surface area contributed by atoms with Crippen LogP contribution < -0.4 is 0 Å². The van der Waals surface area contributed by atoms with Gasteiger partial charge in [-0.05, 0) is 24.3 Å². The molecule has 8 heteroatoms. The molecular formula is C16H10N4O4. The fourth-order valence-electron chi connectivity index (χ4n) is 2.76. The zero-order valence-electron chi connectivity index (χ0n) is 12.1. The lowest BCUT2D eigenvalue weighted by Gasteiger charge is -1.91. The molecule has 2 aromatic heterocycles. The lowest BCUT2D eigenvalue weighted by molar-refractivity contribution is -0.384. The Labute approximate surface area is 134 Å². The molecule has 4 aromatic rings. The Balaban J connectivity index is 1.82. The summed E-state index contributed by atoms with van der Waals surface area (Å²) in [6.07, 6.45) is 0. The predicted octanol–water partition coefficient (Wildman–Crippen LogP) is 4.13. The first kappa shape index (κ1) is 13.9. The van der Waals surface area contributed by atoms with Crippen LogP contribution in [0.1, 0.15) is 0 Å². The van der Waals surface area contributed by atoms with Crippen molar-refractivity contribution in [2.45, 2.75) is 0 Å². The maximum Gasteiger partial charge on any atom is 0.270 e. The SMILES string of the molecule is O=[N+]([O-])c1ccc2[nH]c(-c3cc4cc([N+](=O)[O-])ccc4[nH]3)cc2c1. The highest BCUT2D eigenvalue weighted by molar-refractivity contribution is 5.91. The van der Waals surface area contributed by atoms with Gasteiger partial charge in [0, 0.05) is 46.1 Å². The highest BCUT2D eigenvalue weighted by Gasteiger charge is 2.12. The molecule has 0 saturated heterocycles. The number of non-ortho nitro benzene ring substituents is 2. The van der Waals surface area contributed by atoms with Gasteiger partial charge >= 0.3 is 0 Å². The summed E-state index contributed by atoms with van der Waals surface area (Å²) in [5, 5.41) is 23.2. The van der Waals surface area contributed by atoms with Gasteiger partial charge in [0.05, 0.1) is 21.2 Å². The van der Waals surface area contributed by atoms with Crippen LogP contribution in [0.5, 0.6) is 0 Å². The van der Waals surface area contributed by atoms with E-state index in [1.807, 2.05) is 12.1 Å². The molecule has 2 heterocycles. The third-order valence-electron chi connectivity index (χ3n) is 3.92. The lowest BCUT2D eigenvalue weighted by Crippen LogP contribution is -1.86. The number of aromatic amines is 2. The number of nitro benzene ring substituents is 2. The van der Waals surface area contributed by atoms with Crippen molar-refractivity contribution in [3.05, 3.63) is 68.8 Å². The lowest BCUT2D eigenvalue weighted by atomic mass is 10.2. The van der Waals surface area contributed by atoms with E-state index in [4.69, 9.17) is 0 Å². The number of fused-ring (bicyclic) bond motifs is 2. The number of nitrogens with one attached hydrogen (secondary N) is 2. The largest absolute Gasteiger partial charge is 0.353 e. The monoisotopic (exact) mass is 322 g/mol. The minimum absolute atomic E-state index is 0.0281. The summed E-state index contributed by atoms with van der Waals surface area (Å²) in [7, 11) is 0. The summed E-state index contributed by atoms with van der Waals surface area (Å²) >= 11 is 0. The third-order valence-corrected chi connectivity index (χ3v) is 3.92. The normalized spacial score (nSPS) is 11.2. The molecule has 4 rings (SSSR count). The minimum Gasteiger partial charge on any atom is -0.353 e. The Morgan fingerprint density at radius 3 is 1.46 bits per heavy atom. The van der Waals surface area contributed by atoms with Gasteiger partial charge in [0.15, 0.2) is 0 Å². The zero-order valence-corrected chi connectivity index (χ0v) is 12.1. The fourth-order valence-corrected chi connectivity index (χ4v) is 2.76. The van der Waals surface area contributed by atoms with E-state index in [2.05, 4.69) is 9.97 Å². The molecule has 8 nitrogen and oxygen atoms in total. The van der Waals surface area contributed by atoms with Crippen molar-refractivity contribution in [2.75, 3.05) is 0 Å². The van der Waals surface area contributed by atoms with E-state index in [0.717, 1.165) is 33.2 Å². The molecule has 0 fully saturated rings. The molecule has 2 aromatic carbocycles. The minimum atomic E-state index is -0.436. The molecule has 0 saturated carbocycles. The molecule has 0 atom stereocenters. The van der Waals surface area contributed by atoms with Gasteiger partial charge in [-0.1, -0.05) is 0 Å². The summed E-state index contributed by atoms with van der Waals surface area (Å²) in [5.74, 6) is 0. The second kappa shape index (κ2) is 4.92. The number of benzene rings is 2. The van der Waals surface area contributed by atoms with Crippen LogP contribution in [0.3, 0.4) is 0 Å². The first-order valence-electron chi connectivity index (χ1n) is 7.06. The molecule has 24 heavy (non-hydrogen) atoms. The number of nitro groups is 2. The highest BCUT2D eigenvalue weighted by atomic mass is 16.6. The van der Waals surface area contributed by atoms with E-state index in [1.54, 1.807) is 12.1 Å². The van der Waals surface area contributed by atoms with Crippen molar-refractivity contribution in [3.8, 4) is 11.4 Å². The number of hydrogen-bond donors (Lipinski definition) is 2. The van der Waals surface area contributed by atoms with Crippen LogP contribution in [-0.4, -0.2) is 19.8 Å². The Kier molecular flexibility index (Phi) is 2.86. The highest BCUT2D eigenvalue weighted by Crippen LogP contribution is 2.30. The number of nitrogens with zero attached hydrogens (tertiary/aromatic N) is 2. The Morgan fingerprint density at radius 2 is 1.08 bits per heavy atom. The first-order chi connectivity index (χ1) is 11.5. The van der Waals surface area contributed by atoms with Crippen LogP contribution >= 0.6 is 0 Å². The van der Waals surface area contributed by atoms with Gasteiger partial charge in [0.25, 0.3) is 11.4 Å². The van der Waals surface area contributed by atoms with Crippen molar-refractivity contribution < 1.29 is 9.85 Å². The van der Waals surface area contributed by atoms with Crippen LogP contribution in [0.15, 0.2) is 48.5 Å². The van der Waals surface area contributed by atoms with E-state index in [0.29, 0.717) is 0 Å². The summed E-state index contributed by atoms with van der Waals surface area (Å²) in [6, 6.07) is 12.8. The number of rotatable bonds is 3. The molecule has 118 valence electrons. The second-order valence-corrected chi connectivity index (χ2v) is 5.42.